The Morgan fingerprint density at radius 2 is 2.03 bits per heavy atom. The van der Waals surface area contributed by atoms with Gasteiger partial charge in [0.25, 0.3) is 0 Å². The van der Waals surface area contributed by atoms with E-state index in [1.165, 1.54) is 17.3 Å². The maximum atomic E-state index is 13.1. The average molecular weight is 434 g/mol. The van der Waals surface area contributed by atoms with Crippen LogP contribution in [-0.4, -0.2) is 28.2 Å². The minimum Gasteiger partial charge on any atom is -0.491 e. The van der Waals surface area contributed by atoms with Gasteiger partial charge in [-0.1, -0.05) is 6.07 Å². The molecule has 0 fully saturated rings. The molecule has 0 aliphatic carbocycles. The van der Waals surface area contributed by atoms with Crippen LogP contribution in [0.5, 0.6) is 5.75 Å². The van der Waals surface area contributed by atoms with Crippen LogP contribution in [0.15, 0.2) is 59.2 Å². The Morgan fingerprint density at radius 3 is 2.70 bits per heavy atom. The fraction of sp³-hybridized carbons (Fsp3) is 0.333. The Hall–Kier alpha value is -2.94. The molecule has 160 valence electrons. The van der Waals surface area contributed by atoms with E-state index >= 15 is 0 Å². The van der Waals surface area contributed by atoms with E-state index in [1.807, 2.05) is 49.6 Å². The number of aliphatic imine (C=N–C) groups is 1. The molecule has 0 aliphatic rings. The molecule has 0 saturated carbocycles. The summed E-state index contributed by atoms with van der Waals surface area (Å²) in [7, 11) is 0. The van der Waals surface area contributed by atoms with Gasteiger partial charge in [0.15, 0.2) is 5.96 Å². The Balaban J connectivity index is 1.68. The number of aromatic nitrogens is 2. The van der Waals surface area contributed by atoms with Gasteiger partial charge in [0.05, 0.1) is 6.10 Å². The Bertz CT molecular complexity index is 923. The number of hydrogen-bond donors (Lipinski definition) is 2. The molecule has 0 bridgehead atoms. The number of ether oxygens (including phenoxy) is 1. The number of nitrogens with one attached hydrogen (secondary N) is 2. The first-order valence-corrected chi connectivity index (χ1v) is 10.5. The molecule has 6 nitrogen and oxygen atoms in total. The molecule has 0 radical (unpaired) electrons. The largest absolute Gasteiger partial charge is 0.491 e. The number of benzene rings is 1. The highest BCUT2D eigenvalue weighted by Crippen LogP contribution is 2.17. The summed E-state index contributed by atoms with van der Waals surface area (Å²) in [4.78, 5) is 9.68. The SMILES string of the molecule is CC(C)Oc1ccc(NC(=NCc2nccn2C(F)F)NCCc2cccs2)cc1. The summed E-state index contributed by atoms with van der Waals surface area (Å²) >= 11 is 1.69. The zero-order valence-electron chi connectivity index (χ0n) is 16.9. The van der Waals surface area contributed by atoms with E-state index in [2.05, 4.69) is 26.7 Å². The number of alkyl halides is 2. The van der Waals surface area contributed by atoms with E-state index < -0.39 is 6.55 Å². The van der Waals surface area contributed by atoms with E-state index in [4.69, 9.17) is 4.74 Å². The third-order valence-electron chi connectivity index (χ3n) is 4.07. The second-order valence-corrected chi connectivity index (χ2v) is 7.80. The van der Waals surface area contributed by atoms with Crippen molar-refractivity contribution in [3.8, 4) is 5.75 Å². The van der Waals surface area contributed by atoms with Crippen molar-refractivity contribution in [1.29, 1.82) is 0 Å². The smallest absolute Gasteiger partial charge is 0.319 e. The van der Waals surface area contributed by atoms with Crippen LogP contribution in [0.4, 0.5) is 14.5 Å². The molecule has 1 aromatic carbocycles. The highest BCUT2D eigenvalue weighted by Gasteiger charge is 2.11. The number of guanidine groups is 1. The summed E-state index contributed by atoms with van der Waals surface area (Å²) in [5.41, 5.74) is 0.811. The quantitative estimate of drug-likeness (QED) is 0.371. The van der Waals surface area contributed by atoms with Crippen LogP contribution in [0.25, 0.3) is 0 Å². The molecule has 0 unspecified atom stereocenters. The predicted octanol–water partition coefficient (Wildman–Crippen LogP) is 4.93. The number of nitrogens with zero attached hydrogens (tertiary/aromatic N) is 3. The number of hydrogen-bond acceptors (Lipinski definition) is 4. The summed E-state index contributed by atoms with van der Waals surface area (Å²) in [5.74, 6) is 1.47. The van der Waals surface area contributed by atoms with Gasteiger partial charge in [-0.05, 0) is 56.0 Å². The maximum absolute atomic E-state index is 13.1. The Kier molecular flexibility index (Phi) is 7.78. The lowest BCUT2D eigenvalue weighted by Crippen LogP contribution is -2.32. The van der Waals surface area contributed by atoms with Gasteiger partial charge in [0.1, 0.15) is 18.1 Å². The van der Waals surface area contributed by atoms with Crippen molar-refractivity contribution in [2.45, 2.75) is 39.5 Å². The Morgan fingerprint density at radius 1 is 1.23 bits per heavy atom. The first-order valence-electron chi connectivity index (χ1n) is 9.65. The molecule has 3 aromatic rings. The maximum Gasteiger partial charge on any atom is 0.319 e. The molecule has 0 aliphatic heterocycles. The molecule has 0 spiro atoms. The molecule has 0 saturated heterocycles. The molecule has 9 heteroatoms. The lowest BCUT2D eigenvalue weighted by molar-refractivity contribution is 0.0671. The van der Waals surface area contributed by atoms with Crippen molar-refractivity contribution in [1.82, 2.24) is 14.9 Å². The van der Waals surface area contributed by atoms with Gasteiger partial charge >= 0.3 is 6.55 Å². The van der Waals surface area contributed by atoms with E-state index in [0.717, 1.165) is 22.4 Å². The van der Waals surface area contributed by atoms with Crippen LogP contribution in [-0.2, 0) is 13.0 Å². The van der Waals surface area contributed by atoms with Crippen LogP contribution in [0.3, 0.4) is 0 Å². The van der Waals surface area contributed by atoms with Crippen molar-refractivity contribution in [2.24, 2.45) is 4.99 Å². The van der Waals surface area contributed by atoms with Crippen LogP contribution in [0.1, 0.15) is 31.1 Å². The predicted molar refractivity (Wildman–Crippen MR) is 116 cm³/mol. The molecule has 0 atom stereocenters. The summed E-state index contributed by atoms with van der Waals surface area (Å²) in [6, 6.07) is 11.6. The fourth-order valence-corrected chi connectivity index (χ4v) is 3.43. The number of halogens is 2. The summed E-state index contributed by atoms with van der Waals surface area (Å²) in [6.45, 7) is 1.98. The molecule has 3 rings (SSSR count). The lowest BCUT2D eigenvalue weighted by atomic mass is 10.3. The monoisotopic (exact) mass is 433 g/mol. The zero-order valence-corrected chi connectivity index (χ0v) is 17.7. The van der Waals surface area contributed by atoms with Crippen molar-refractivity contribution in [3.63, 3.8) is 0 Å². The van der Waals surface area contributed by atoms with E-state index in [1.54, 1.807) is 11.3 Å². The van der Waals surface area contributed by atoms with E-state index in [0.29, 0.717) is 12.5 Å². The van der Waals surface area contributed by atoms with Gasteiger partial charge < -0.3 is 15.4 Å². The third-order valence-corrected chi connectivity index (χ3v) is 5.01. The summed E-state index contributed by atoms with van der Waals surface area (Å²) < 4.78 is 32.6. The zero-order chi connectivity index (χ0) is 21.3. The molecule has 2 N–H and O–H groups in total. The third kappa shape index (κ3) is 6.55. The number of anilines is 1. The minimum atomic E-state index is -2.64. The van der Waals surface area contributed by atoms with Crippen molar-refractivity contribution in [3.05, 3.63) is 64.9 Å². The highest BCUT2D eigenvalue weighted by molar-refractivity contribution is 7.09. The normalized spacial score (nSPS) is 11.9. The van der Waals surface area contributed by atoms with Crippen LogP contribution >= 0.6 is 11.3 Å². The molecule has 0 amide bonds. The van der Waals surface area contributed by atoms with Gasteiger partial charge in [-0.3, -0.25) is 4.57 Å². The van der Waals surface area contributed by atoms with Crippen molar-refractivity contribution >= 4 is 23.0 Å². The molecule has 2 heterocycles. The standard InChI is InChI=1S/C21H25F2N5OS/c1-15(2)29-17-7-5-16(6-8-17)27-21(25-10-9-18-4-3-13-30-18)26-14-19-24-11-12-28(19)20(22)23/h3-8,11-13,15,20H,9-10,14H2,1-2H3,(H2,25,26,27). The van der Waals surface area contributed by atoms with Crippen molar-refractivity contribution in [2.75, 3.05) is 11.9 Å². The van der Waals surface area contributed by atoms with Gasteiger partial charge in [0, 0.05) is 29.5 Å². The van der Waals surface area contributed by atoms with Crippen LogP contribution < -0.4 is 15.4 Å². The lowest BCUT2D eigenvalue weighted by Gasteiger charge is -2.14. The number of rotatable bonds is 9. The highest BCUT2D eigenvalue weighted by atomic mass is 32.1. The number of imidazole rings is 1. The van der Waals surface area contributed by atoms with Crippen LogP contribution in [0.2, 0.25) is 0 Å². The fourth-order valence-electron chi connectivity index (χ4n) is 2.72. The van der Waals surface area contributed by atoms with Gasteiger partial charge in [0.2, 0.25) is 0 Å². The van der Waals surface area contributed by atoms with Gasteiger partial charge in [-0.15, -0.1) is 11.3 Å². The number of thiophene rings is 1. The Labute approximate surface area is 178 Å². The van der Waals surface area contributed by atoms with Crippen molar-refractivity contribution < 1.29 is 13.5 Å². The van der Waals surface area contributed by atoms with E-state index in [-0.39, 0.29) is 18.5 Å². The average Bonchev–Trinajstić information content (AvgIpc) is 3.39. The van der Waals surface area contributed by atoms with Gasteiger partial charge in [-0.25, -0.2) is 9.98 Å². The topological polar surface area (TPSA) is 63.5 Å². The van der Waals surface area contributed by atoms with Crippen LogP contribution in [0, 0.1) is 0 Å². The molecule has 30 heavy (non-hydrogen) atoms. The van der Waals surface area contributed by atoms with E-state index in [9.17, 15) is 8.78 Å². The molecular formula is C21H25F2N5OS. The molecular weight excluding hydrogens is 408 g/mol. The second-order valence-electron chi connectivity index (χ2n) is 6.77. The first-order chi connectivity index (χ1) is 14.5. The summed E-state index contributed by atoms with van der Waals surface area (Å²) in [5, 5.41) is 8.50. The van der Waals surface area contributed by atoms with Gasteiger partial charge in [-0.2, -0.15) is 8.78 Å². The minimum absolute atomic E-state index is 0.0280. The molecule has 2 aromatic heterocycles. The summed E-state index contributed by atoms with van der Waals surface area (Å²) in [6.07, 6.45) is 3.53. The first kappa shape index (κ1) is 21.8. The second kappa shape index (κ2) is 10.7.